The van der Waals surface area contributed by atoms with Crippen LogP contribution < -0.4 is 20.7 Å². The van der Waals surface area contributed by atoms with Gasteiger partial charge in [-0.05, 0) is 49.4 Å². The number of hydrogen-bond donors (Lipinski definition) is 3. The van der Waals surface area contributed by atoms with Gasteiger partial charge in [0.1, 0.15) is 11.6 Å². The SMILES string of the molecule is C=C(Nc1ccc(NC(=O)NCCC(C)(C)C)cc1)c1c(F)cc(OCCCCC)cc1N=CC.CC.CCCC. The van der Waals surface area contributed by atoms with Crippen molar-refractivity contribution < 1.29 is 13.9 Å². The first kappa shape index (κ1) is 37.6. The zero-order valence-electron chi connectivity index (χ0n) is 27.0. The van der Waals surface area contributed by atoms with Crippen LogP contribution in [0.5, 0.6) is 5.75 Å². The summed E-state index contributed by atoms with van der Waals surface area (Å²) < 4.78 is 20.7. The highest BCUT2D eigenvalue weighted by Crippen LogP contribution is 2.33. The highest BCUT2D eigenvalue weighted by Gasteiger charge is 2.15. The summed E-state index contributed by atoms with van der Waals surface area (Å²) >= 11 is 0. The molecule has 7 heteroatoms. The Morgan fingerprint density at radius 3 is 2.07 bits per heavy atom. The van der Waals surface area contributed by atoms with Crippen LogP contribution in [0.4, 0.5) is 26.2 Å². The molecule has 2 amide bonds. The Labute approximate surface area is 249 Å². The van der Waals surface area contributed by atoms with Crippen molar-refractivity contribution in [3.05, 3.63) is 54.4 Å². The molecule has 3 N–H and O–H groups in total. The van der Waals surface area contributed by atoms with Crippen LogP contribution >= 0.6 is 0 Å². The van der Waals surface area contributed by atoms with Gasteiger partial charge in [-0.15, -0.1) is 0 Å². The Balaban J connectivity index is 0.00000244. The molecular weight excluding hydrogens is 515 g/mol. The molecule has 230 valence electrons. The minimum Gasteiger partial charge on any atom is -0.493 e. The number of rotatable bonds is 13. The number of hydrogen-bond acceptors (Lipinski definition) is 4. The predicted octanol–water partition coefficient (Wildman–Crippen LogP) is 10.6. The maximum atomic E-state index is 15.0. The molecule has 0 fully saturated rings. The first-order chi connectivity index (χ1) is 19.5. The third-order valence-electron chi connectivity index (χ3n) is 5.73. The molecule has 2 aromatic rings. The smallest absolute Gasteiger partial charge is 0.319 e. The number of halogens is 1. The fourth-order valence-corrected chi connectivity index (χ4v) is 3.33. The monoisotopic (exact) mass is 570 g/mol. The van der Waals surface area contributed by atoms with E-state index in [4.69, 9.17) is 4.74 Å². The standard InChI is InChI=1S/C28H39FN4O2.C4H10.C2H6/c1-7-9-10-17-35-23-18-24(29)26(25(19-23)30-8-2)20(3)32-21-11-13-22(14-12-21)33-27(34)31-16-15-28(4,5)6;1-3-4-2;1-2/h8,11-14,18-19,32H,3,7,9-10,15-17H2,1-2,4-6H3,(H2,31,33,34);3-4H2,1-2H3;1-2H3. The molecule has 41 heavy (non-hydrogen) atoms. The Morgan fingerprint density at radius 1 is 0.976 bits per heavy atom. The van der Waals surface area contributed by atoms with Crippen LogP contribution in [0.15, 0.2) is 48.0 Å². The van der Waals surface area contributed by atoms with Crippen LogP contribution in [0.3, 0.4) is 0 Å². The minimum atomic E-state index is -0.457. The lowest BCUT2D eigenvalue weighted by Gasteiger charge is -2.18. The van der Waals surface area contributed by atoms with Crippen molar-refractivity contribution in [2.75, 3.05) is 23.8 Å². The first-order valence-corrected chi connectivity index (χ1v) is 15.1. The molecule has 0 unspecified atom stereocenters. The van der Waals surface area contributed by atoms with E-state index in [1.165, 1.54) is 18.9 Å². The molecule has 2 rings (SSSR count). The molecule has 0 bridgehead atoms. The van der Waals surface area contributed by atoms with Gasteiger partial charge in [0.2, 0.25) is 0 Å². The van der Waals surface area contributed by atoms with Gasteiger partial charge in [-0.3, -0.25) is 4.99 Å². The van der Waals surface area contributed by atoms with E-state index in [2.05, 4.69) is 69.1 Å². The Morgan fingerprint density at radius 2 is 1.56 bits per heavy atom. The fourth-order valence-electron chi connectivity index (χ4n) is 3.33. The van der Waals surface area contributed by atoms with Gasteiger partial charge in [0.25, 0.3) is 0 Å². The van der Waals surface area contributed by atoms with Crippen molar-refractivity contribution in [1.29, 1.82) is 0 Å². The second-order valence-electron chi connectivity index (χ2n) is 10.6. The van der Waals surface area contributed by atoms with E-state index in [0.29, 0.717) is 41.7 Å². The number of carbonyl (C=O) groups is 1. The van der Waals surface area contributed by atoms with Crippen LogP contribution in [0.2, 0.25) is 0 Å². The van der Waals surface area contributed by atoms with Crippen molar-refractivity contribution in [2.45, 2.75) is 101 Å². The average Bonchev–Trinajstić information content (AvgIpc) is 2.92. The quantitative estimate of drug-likeness (QED) is 0.166. The van der Waals surface area contributed by atoms with Crippen molar-refractivity contribution in [3.63, 3.8) is 0 Å². The molecular formula is C34H55FN4O2. The number of nitrogens with one attached hydrogen (secondary N) is 3. The summed E-state index contributed by atoms with van der Waals surface area (Å²) in [6.07, 6.45) is 8.22. The lowest BCUT2D eigenvalue weighted by atomic mass is 9.92. The van der Waals surface area contributed by atoms with Crippen molar-refractivity contribution in [2.24, 2.45) is 10.4 Å². The second-order valence-corrected chi connectivity index (χ2v) is 10.6. The largest absolute Gasteiger partial charge is 0.493 e. The summed E-state index contributed by atoms with van der Waals surface area (Å²) in [6, 6.07) is 9.97. The Bertz CT molecular complexity index is 1040. The molecule has 2 aromatic carbocycles. The summed E-state index contributed by atoms with van der Waals surface area (Å²) in [5.41, 5.74) is 2.62. The van der Waals surface area contributed by atoms with Gasteiger partial charge >= 0.3 is 6.03 Å². The van der Waals surface area contributed by atoms with E-state index < -0.39 is 5.82 Å². The van der Waals surface area contributed by atoms with E-state index in [1.54, 1.807) is 43.5 Å². The molecule has 0 aliphatic carbocycles. The topological polar surface area (TPSA) is 74.8 Å². The Hall–Kier alpha value is -3.35. The van der Waals surface area contributed by atoms with Gasteiger partial charge in [-0.2, -0.15) is 0 Å². The van der Waals surface area contributed by atoms with E-state index >= 15 is 4.39 Å². The third kappa shape index (κ3) is 16.5. The zero-order chi connectivity index (χ0) is 31.3. The van der Waals surface area contributed by atoms with Crippen molar-refractivity contribution in [3.8, 4) is 5.75 Å². The maximum Gasteiger partial charge on any atom is 0.319 e. The van der Waals surface area contributed by atoms with Crippen LogP contribution in [-0.4, -0.2) is 25.4 Å². The molecule has 0 aliphatic heterocycles. The second kappa shape index (κ2) is 21.4. The molecule has 0 heterocycles. The number of nitrogens with zero attached hydrogens (tertiary/aromatic N) is 1. The average molecular weight is 571 g/mol. The minimum absolute atomic E-state index is 0.159. The summed E-state index contributed by atoms with van der Waals surface area (Å²) in [4.78, 5) is 16.4. The fraction of sp³-hybridized carbons (Fsp3) is 0.529. The van der Waals surface area contributed by atoms with Gasteiger partial charge in [0.05, 0.1) is 17.9 Å². The number of ether oxygens (including phenoxy) is 1. The summed E-state index contributed by atoms with van der Waals surface area (Å²) in [5.74, 6) is -0.00624. The number of carbonyl (C=O) groups excluding carboxylic acids is 1. The first-order valence-electron chi connectivity index (χ1n) is 15.1. The molecule has 0 aromatic heterocycles. The predicted molar refractivity (Wildman–Crippen MR) is 177 cm³/mol. The zero-order valence-corrected chi connectivity index (χ0v) is 27.0. The van der Waals surface area contributed by atoms with Crippen LogP contribution in [0.25, 0.3) is 5.70 Å². The van der Waals surface area contributed by atoms with E-state index in [9.17, 15) is 4.79 Å². The van der Waals surface area contributed by atoms with Gasteiger partial charge < -0.3 is 20.7 Å². The van der Waals surface area contributed by atoms with Crippen molar-refractivity contribution >= 4 is 35.0 Å². The molecule has 0 saturated carbocycles. The normalized spacial score (nSPS) is 10.6. The lowest BCUT2D eigenvalue weighted by molar-refractivity contribution is 0.250. The number of amides is 2. The molecule has 0 aliphatic rings. The highest BCUT2D eigenvalue weighted by atomic mass is 19.1. The summed E-state index contributed by atoms with van der Waals surface area (Å²) in [7, 11) is 0. The Kier molecular flexibility index (Phi) is 19.7. The van der Waals surface area contributed by atoms with Gasteiger partial charge in [0, 0.05) is 42.0 Å². The van der Waals surface area contributed by atoms with E-state index in [1.807, 2.05) is 13.8 Å². The van der Waals surface area contributed by atoms with E-state index in [-0.39, 0.29) is 17.0 Å². The van der Waals surface area contributed by atoms with E-state index in [0.717, 1.165) is 25.7 Å². The molecule has 0 saturated heterocycles. The summed E-state index contributed by atoms with van der Waals surface area (Å²) in [6.45, 7) is 23.8. The highest BCUT2D eigenvalue weighted by molar-refractivity contribution is 5.90. The number of benzene rings is 2. The molecule has 0 radical (unpaired) electrons. The summed E-state index contributed by atoms with van der Waals surface area (Å²) in [5, 5.41) is 8.80. The number of urea groups is 1. The maximum absolute atomic E-state index is 15.0. The van der Waals surface area contributed by atoms with Crippen LogP contribution in [0, 0.1) is 11.2 Å². The molecule has 0 atom stereocenters. The van der Waals surface area contributed by atoms with Crippen molar-refractivity contribution in [1.82, 2.24) is 5.32 Å². The molecule has 6 nitrogen and oxygen atoms in total. The number of anilines is 2. The lowest BCUT2D eigenvalue weighted by Crippen LogP contribution is -2.31. The van der Waals surface area contributed by atoms with Crippen LogP contribution in [-0.2, 0) is 0 Å². The number of unbranched alkanes of at least 4 members (excludes halogenated alkanes) is 3. The van der Waals surface area contributed by atoms with Crippen LogP contribution in [0.1, 0.15) is 106 Å². The molecule has 0 spiro atoms. The number of aliphatic imine (C=N–C) groups is 1. The van der Waals surface area contributed by atoms with Gasteiger partial charge in [-0.1, -0.05) is 87.7 Å². The van der Waals surface area contributed by atoms with Gasteiger partial charge in [0.15, 0.2) is 0 Å². The van der Waals surface area contributed by atoms with Gasteiger partial charge in [-0.25, -0.2) is 9.18 Å². The third-order valence-corrected chi connectivity index (χ3v) is 5.73.